The molecule has 1 aliphatic heterocycles. The van der Waals surface area contributed by atoms with Crippen molar-refractivity contribution in [3.63, 3.8) is 0 Å². The minimum atomic E-state index is 0.727. The summed E-state index contributed by atoms with van der Waals surface area (Å²) in [4.78, 5) is 4.26. The van der Waals surface area contributed by atoms with Gasteiger partial charge in [0.2, 0.25) is 5.90 Å². The molecule has 2 nitrogen and oxygen atoms in total. The Morgan fingerprint density at radius 3 is 2.62 bits per heavy atom. The third kappa shape index (κ3) is 1.72. The van der Waals surface area contributed by atoms with E-state index < -0.39 is 0 Å². The molecule has 0 spiro atoms. The molecule has 1 aromatic carbocycles. The van der Waals surface area contributed by atoms with Gasteiger partial charge in [-0.05, 0) is 24.1 Å². The molecule has 0 radical (unpaired) electrons. The summed E-state index contributed by atoms with van der Waals surface area (Å²) in [6.07, 6.45) is 1.08. The molecule has 2 heteroatoms. The summed E-state index contributed by atoms with van der Waals surface area (Å²) >= 11 is 0. The Hall–Kier alpha value is -1.31. The second kappa shape index (κ2) is 3.60. The molecule has 0 amide bonds. The van der Waals surface area contributed by atoms with Crippen molar-refractivity contribution in [3.8, 4) is 0 Å². The molecule has 0 fully saturated rings. The van der Waals surface area contributed by atoms with Crippen LogP contribution in [-0.4, -0.2) is 19.0 Å². The Bertz CT molecular complexity index is 313. The Kier molecular flexibility index (Phi) is 2.30. The van der Waals surface area contributed by atoms with Crippen LogP contribution in [0.3, 0.4) is 0 Å². The maximum Gasteiger partial charge on any atom is 0.216 e. The van der Waals surface area contributed by atoms with Gasteiger partial charge in [0.05, 0.1) is 6.54 Å². The van der Waals surface area contributed by atoms with Crippen LogP contribution in [0.2, 0.25) is 0 Å². The van der Waals surface area contributed by atoms with Gasteiger partial charge in [-0.1, -0.05) is 19.1 Å². The second-order valence-electron chi connectivity index (χ2n) is 3.09. The molecule has 1 aromatic rings. The average molecular weight is 175 g/mol. The predicted molar refractivity (Wildman–Crippen MR) is 53.2 cm³/mol. The summed E-state index contributed by atoms with van der Waals surface area (Å²) in [7, 11) is 0. The third-order valence-electron chi connectivity index (χ3n) is 2.19. The maximum atomic E-state index is 5.36. The van der Waals surface area contributed by atoms with E-state index in [0.29, 0.717) is 0 Å². The van der Waals surface area contributed by atoms with Gasteiger partial charge < -0.3 is 4.74 Å². The van der Waals surface area contributed by atoms with Crippen LogP contribution < -0.4 is 0 Å². The topological polar surface area (TPSA) is 21.6 Å². The summed E-state index contributed by atoms with van der Waals surface area (Å²) in [6, 6.07) is 8.39. The van der Waals surface area contributed by atoms with Crippen molar-refractivity contribution in [1.29, 1.82) is 0 Å². The maximum absolute atomic E-state index is 5.36. The van der Waals surface area contributed by atoms with E-state index in [0.717, 1.165) is 31.0 Å². The van der Waals surface area contributed by atoms with Crippen LogP contribution >= 0.6 is 0 Å². The zero-order valence-corrected chi connectivity index (χ0v) is 7.79. The van der Waals surface area contributed by atoms with Crippen molar-refractivity contribution in [2.45, 2.75) is 13.3 Å². The fourth-order valence-corrected chi connectivity index (χ4v) is 1.39. The molecule has 0 aromatic heterocycles. The molecule has 13 heavy (non-hydrogen) atoms. The second-order valence-corrected chi connectivity index (χ2v) is 3.09. The molecule has 0 N–H and O–H groups in total. The van der Waals surface area contributed by atoms with Gasteiger partial charge in [-0.3, -0.25) is 0 Å². The highest BCUT2D eigenvalue weighted by Crippen LogP contribution is 2.09. The summed E-state index contributed by atoms with van der Waals surface area (Å²) in [5.41, 5.74) is 2.44. The first-order chi connectivity index (χ1) is 6.40. The lowest BCUT2D eigenvalue weighted by Crippen LogP contribution is -2.00. The highest BCUT2D eigenvalue weighted by molar-refractivity contribution is 5.94. The summed E-state index contributed by atoms with van der Waals surface area (Å²) in [6.45, 7) is 3.67. The van der Waals surface area contributed by atoms with E-state index in [9.17, 15) is 0 Å². The fourth-order valence-electron chi connectivity index (χ4n) is 1.39. The van der Waals surface area contributed by atoms with E-state index in [1.165, 1.54) is 5.56 Å². The Labute approximate surface area is 78.3 Å². The van der Waals surface area contributed by atoms with Crippen LogP contribution in [0.4, 0.5) is 0 Å². The number of aryl methyl sites for hydroxylation is 1. The molecule has 0 unspecified atom stereocenters. The van der Waals surface area contributed by atoms with Crippen LogP contribution in [0.15, 0.2) is 29.3 Å². The van der Waals surface area contributed by atoms with Crippen molar-refractivity contribution in [2.24, 2.45) is 4.99 Å². The highest BCUT2D eigenvalue weighted by Gasteiger charge is 2.08. The van der Waals surface area contributed by atoms with Gasteiger partial charge >= 0.3 is 0 Å². The van der Waals surface area contributed by atoms with Gasteiger partial charge in [-0.25, -0.2) is 4.99 Å². The first-order valence-corrected chi connectivity index (χ1v) is 4.66. The molecule has 0 saturated heterocycles. The van der Waals surface area contributed by atoms with Gasteiger partial charge in [0.15, 0.2) is 0 Å². The van der Waals surface area contributed by atoms with Gasteiger partial charge in [-0.2, -0.15) is 0 Å². The number of hydrogen-bond acceptors (Lipinski definition) is 2. The predicted octanol–water partition coefficient (Wildman–Crippen LogP) is 2.03. The van der Waals surface area contributed by atoms with Gasteiger partial charge in [0.1, 0.15) is 6.61 Å². The SMILES string of the molecule is CCc1ccc(C2=NCCO2)cc1. The van der Waals surface area contributed by atoms with Crippen LogP contribution in [0, 0.1) is 0 Å². The summed E-state index contributed by atoms with van der Waals surface area (Å²) in [5.74, 6) is 0.794. The quantitative estimate of drug-likeness (QED) is 0.674. The fraction of sp³-hybridized carbons (Fsp3) is 0.364. The van der Waals surface area contributed by atoms with E-state index in [2.05, 4.69) is 36.2 Å². The smallest absolute Gasteiger partial charge is 0.216 e. The molecule has 68 valence electrons. The number of rotatable bonds is 2. The van der Waals surface area contributed by atoms with Crippen molar-refractivity contribution >= 4 is 5.90 Å². The standard InChI is InChI=1S/C11H13NO/c1-2-9-3-5-10(6-4-9)11-12-7-8-13-11/h3-6H,2,7-8H2,1H3. The van der Waals surface area contributed by atoms with Crippen LogP contribution in [0.5, 0.6) is 0 Å². The molecule has 1 aliphatic rings. The van der Waals surface area contributed by atoms with Crippen LogP contribution in [0.25, 0.3) is 0 Å². The average Bonchev–Trinajstić information content (AvgIpc) is 2.71. The van der Waals surface area contributed by atoms with E-state index in [4.69, 9.17) is 4.74 Å². The van der Waals surface area contributed by atoms with Crippen molar-refractivity contribution in [1.82, 2.24) is 0 Å². The molecule has 1 heterocycles. The molecular formula is C11H13NO. The molecule has 0 bridgehead atoms. The number of hydrogen-bond donors (Lipinski definition) is 0. The van der Waals surface area contributed by atoms with Gasteiger partial charge in [-0.15, -0.1) is 0 Å². The van der Waals surface area contributed by atoms with Crippen molar-refractivity contribution in [3.05, 3.63) is 35.4 Å². The molecule has 0 atom stereocenters. The lowest BCUT2D eigenvalue weighted by atomic mass is 10.1. The first-order valence-electron chi connectivity index (χ1n) is 4.66. The summed E-state index contributed by atoms with van der Waals surface area (Å²) < 4.78 is 5.36. The third-order valence-corrected chi connectivity index (χ3v) is 2.19. The largest absolute Gasteiger partial charge is 0.476 e. The van der Waals surface area contributed by atoms with Crippen LogP contribution in [-0.2, 0) is 11.2 Å². The lowest BCUT2D eigenvalue weighted by Gasteiger charge is -2.02. The van der Waals surface area contributed by atoms with E-state index in [-0.39, 0.29) is 0 Å². The zero-order valence-electron chi connectivity index (χ0n) is 7.79. The Morgan fingerprint density at radius 2 is 2.08 bits per heavy atom. The Balaban J connectivity index is 2.22. The van der Waals surface area contributed by atoms with Crippen LogP contribution in [0.1, 0.15) is 18.1 Å². The van der Waals surface area contributed by atoms with Gasteiger partial charge in [0.25, 0.3) is 0 Å². The molecular weight excluding hydrogens is 162 g/mol. The minimum absolute atomic E-state index is 0.727. The highest BCUT2D eigenvalue weighted by atomic mass is 16.5. The minimum Gasteiger partial charge on any atom is -0.476 e. The number of aliphatic imine (C=N–C) groups is 1. The summed E-state index contributed by atoms with van der Waals surface area (Å²) in [5, 5.41) is 0. The van der Waals surface area contributed by atoms with E-state index >= 15 is 0 Å². The Morgan fingerprint density at radius 1 is 1.31 bits per heavy atom. The number of benzene rings is 1. The lowest BCUT2D eigenvalue weighted by molar-refractivity contribution is 0.348. The van der Waals surface area contributed by atoms with E-state index in [1.807, 2.05) is 0 Å². The number of ether oxygens (including phenoxy) is 1. The van der Waals surface area contributed by atoms with Crippen molar-refractivity contribution < 1.29 is 4.74 Å². The van der Waals surface area contributed by atoms with E-state index in [1.54, 1.807) is 0 Å². The first kappa shape index (κ1) is 8.30. The van der Waals surface area contributed by atoms with Crippen molar-refractivity contribution in [2.75, 3.05) is 13.2 Å². The molecule has 0 aliphatic carbocycles. The normalized spacial score (nSPS) is 15.3. The zero-order chi connectivity index (χ0) is 9.10. The molecule has 0 saturated carbocycles. The monoisotopic (exact) mass is 175 g/mol. The van der Waals surface area contributed by atoms with Gasteiger partial charge in [0, 0.05) is 5.56 Å². The molecule has 2 rings (SSSR count). The number of nitrogens with zero attached hydrogens (tertiary/aromatic N) is 1.